The Morgan fingerprint density at radius 3 is 2.59 bits per heavy atom. The SMILES string of the molecule is COc1ccc2c(c1)[C@]1(CCN(C(=O)Nc3ccc(OC)c(OC)c3)C1)C(=O)N2. The topological polar surface area (TPSA) is 89.1 Å². The third-order valence-corrected chi connectivity index (χ3v) is 5.62. The van der Waals surface area contributed by atoms with E-state index in [1.165, 1.54) is 7.11 Å². The van der Waals surface area contributed by atoms with Gasteiger partial charge in [-0.1, -0.05) is 0 Å². The highest BCUT2D eigenvalue weighted by molar-refractivity contribution is 6.07. The lowest BCUT2D eigenvalue weighted by molar-refractivity contribution is -0.120. The second kappa shape index (κ2) is 7.20. The summed E-state index contributed by atoms with van der Waals surface area (Å²) in [5.74, 6) is 1.72. The summed E-state index contributed by atoms with van der Waals surface area (Å²) < 4.78 is 15.8. The number of rotatable bonds is 4. The highest BCUT2D eigenvalue weighted by Crippen LogP contribution is 2.45. The lowest BCUT2D eigenvalue weighted by atomic mass is 9.81. The van der Waals surface area contributed by atoms with Crippen LogP contribution in [0.1, 0.15) is 12.0 Å². The van der Waals surface area contributed by atoms with Crippen LogP contribution in [0.15, 0.2) is 36.4 Å². The zero-order chi connectivity index (χ0) is 20.6. The van der Waals surface area contributed by atoms with Gasteiger partial charge in [0, 0.05) is 30.5 Å². The van der Waals surface area contributed by atoms with Crippen LogP contribution < -0.4 is 24.8 Å². The minimum atomic E-state index is -0.751. The van der Waals surface area contributed by atoms with Crippen molar-refractivity contribution in [2.75, 3.05) is 45.1 Å². The Kier molecular flexibility index (Phi) is 4.70. The van der Waals surface area contributed by atoms with Gasteiger partial charge in [-0.15, -0.1) is 0 Å². The van der Waals surface area contributed by atoms with E-state index < -0.39 is 5.41 Å². The zero-order valence-electron chi connectivity index (χ0n) is 16.6. The van der Waals surface area contributed by atoms with E-state index in [2.05, 4.69) is 10.6 Å². The summed E-state index contributed by atoms with van der Waals surface area (Å²) >= 11 is 0. The van der Waals surface area contributed by atoms with E-state index >= 15 is 0 Å². The molecule has 1 saturated heterocycles. The highest BCUT2D eigenvalue weighted by Gasteiger charge is 2.52. The van der Waals surface area contributed by atoms with Gasteiger partial charge < -0.3 is 29.7 Å². The molecule has 8 nitrogen and oxygen atoms in total. The van der Waals surface area contributed by atoms with Crippen LogP contribution in [0, 0.1) is 0 Å². The first kappa shape index (κ1) is 18.9. The molecule has 152 valence electrons. The van der Waals surface area contributed by atoms with Gasteiger partial charge in [-0.05, 0) is 42.3 Å². The number of ether oxygens (including phenoxy) is 3. The van der Waals surface area contributed by atoms with Crippen molar-refractivity contribution >= 4 is 23.3 Å². The fraction of sp³-hybridized carbons (Fsp3) is 0.333. The molecule has 0 aliphatic carbocycles. The molecule has 0 bridgehead atoms. The van der Waals surface area contributed by atoms with Gasteiger partial charge >= 0.3 is 6.03 Å². The van der Waals surface area contributed by atoms with Crippen LogP contribution >= 0.6 is 0 Å². The van der Waals surface area contributed by atoms with E-state index in [1.807, 2.05) is 18.2 Å². The smallest absolute Gasteiger partial charge is 0.321 e. The maximum atomic E-state index is 12.8. The van der Waals surface area contributed by atoms with Crippen molar-refractivity contribution in [2.24, 2.45) is 0 Å². The fourth-order valence-corrected chi connectivity index (χ4v) is 4.02. The van der Waals surface area contributed by atoms with Crippen molar-refractivity contribution in [2.45, 2.75) is 11.8 Å². The van der Waals surface area contributed by atoms with Gasteiger partial charge in [0.2, 0.25) is 5.91 Å². The number of hydrogen-bond donors (Lipinski definition) is 2. The molecule has 1 fully saturated rings. The van der Waals surface area contributed by atoms with Gasteiger partial charge in [0.1, 0.15) is 5.75 Å². The van der Waals surface area contributed by atoms with Crippen LogP contribution in [-0.4, -0.2) is 51.3 Å². The summed E-state index contributed by atoms with van der Waals surface area (Å²) in [4.78, 5) is 27.3. The molecule has 4 rings (SSSR count). The second-order valence-electron chi connectivity index (χ2n) is 7.12. The lowest BCUT2D eigenvalue weighted by Gasteiger charge is -2.23. The summed E-state index contributed by atoms with van der Waals surface area (Å²) in [5, 5.41) is 5.81. The lowest BCUT2D eigenvalue weighted by Crippen LogP contribution is -2.40. The number of methoxy groups -OCH3 is 3. The number of carbonyl (C=O) groups is 2. The molecular weight excluding hydrogens is 374 g/mol. The molecule has 0 radical (unpaired) electrons. The number of benzene rings is 2. The molecule has 2 N–H and O–H groups in total. The van der Waals surface area contributed by atoms with Crippen LogP contribution in [0.5, 0.6) is 17.2 Å². The van der Waals surface area contributed by atoms with Crippen molar-refractivity contribution in [1.29, 1.82) is 0 Å². The predicted octanol–water partition coefficient (Wildman–Crippen LogP) is 2.84. The monoisotopic (exact) mass is 397 g/mol. The average Bonchev–Trinajstić information content (AvgIpc) is 3.31. The first-order chi connectivity index (χ1) is 14.0. The van der Waals surface area contributed by atoms with Gasteiger partial charge in [-0.3, -0.25) is 4.79 Å². The number of hydrogen-bond acceptors (Lipinski definition) is 5. The van der Waals surface area contributed by atoms with Crippen molar-refractivity contribution in [3.8, 4) is 17.2 Å². The Morgan fingerprint density at radius 1 is 1.07 bits per heavy atom. The standard InChI is InChI=1S/C21H23N3O5/c1-27-14-5-6-16-15(11-14)21(19(25)23-16)8-9-24(12-21)20(26)22-13-4-7-17(28-2)18(10-13)29-3/h4-7,10-11H,8-9,12H2,1-3H3,(H,22,26)(H,23,25)/t21-/m1/s1. The predicted molar refractivity (Wildman–Crippen MR) is 108 cm³/mol. The Morgan fingerprint density at radius 2 is 1.86 bits per heavy atom. The van der Waals surface area contributed by atoms with Crippen LogP contribution in [0.2, 0.25) is 0 Å². The van der Waals surface area contributed by atoms with Crippen LogP contribution in [0.4, 0.5) is 16.2 Å². The number of fused-ring (bicyclic) bond motifs is 2. The van der Waals surface area contributed by atoms with E-state index in [0.717, 1.165) is 11.3 Å². The summed E-state index contributed by atoms with van der Waals surface area (Å²) in [6, 6.07) is 10.4. The molecule has 2 aliphatic heterocycles. The van der Waals surface area contributed by atoms with Crippen LogP contribution in [-0.2, 0) is 10.2 Å². The van der Waals surface area contributed by atoms with Gasteiger partial charge in [0.15, 0.2) is 11.5 Å². The van der Waals surface area contributed by atoms with E-state index in [0.29, 0.717) is 42.4 Å². The molecule has 2 aliphatic rings. The molecular formula is C21H23N3O5. The number of amides is 3. The first-order valence-electron chi connectivity index (χ1n) is 9.28. The highest BCUT2D eigenvalue weighted by atomic mass is 16.5. The fourth-order valence-electron chi connectivity index (χ4n) is 4.02. The van der Waals surface area contributed by atoms with Gasteiger partial charge in [0.05, 0.1) is 26.7 Å². The number of urea groups is 1. The van der Waals surface area contributed by atoms with Crippen molar-refractivity contribution in [3.05, 3.63) is 42.0 Å². The van der Waals surface area contributed by atoms with Gasteiger partial charge in [0.25, 0.3) is 0 Å². The molecule has 3 amide bonds. The quantitative estimate of drug-likeness (QED) is 0.828. The minimum Gasteiger partial charge on any atom is -0.497 e. The molecule has 0 aromatic heterocycles. The normalized spacial score (nSPS) is 19.7. The first-order valence-corrected chi connectivity index (χ1v) is 9.28. The molecule has 1 atom stereocenters. The van der Waals surface area contributed by atoms with Crippen molar-refractivity contribution < 1.29 is 23.8 Å². The molecule has 2 aromatic carbocycles. The van der Waals surface area contributed by atoms with E-state index in [9.17, 15) is 9.59 Å². The van der Waals surface area contributed by atoms with Crippen molar-refractivity contribution in [3.63, 3.8) is 0 Å². The second-order valence-corrected chi connectivity index (χ2v) is 7.12. The van der Waals surface area contributed by atoms with E-state index in [4.69, 9.17) is 14.2 Å². The van der Waals surface area contributed by atoms with Crippen LogP contribution in [0.25, 0.3) is 0 Å². The van der Waals surface area contributed by atoms with Crippen LogP contribution in [0.3, 0.4) is 0 Å². The Labute approximate surface area is 168 Å². The van der Waals surface area contributed by atoms with E-state index in [1.54, 1.807) is 37.3 Å². The summed E-state index contributed by atoms with van der Waals surface area (Å²) in [5.41, 5.74) is 1.49. The van der Waals surface area contributed by atoms with E-state index in [-0.39, 0.29) is 11.9 Å². The van der Waals surface area contributed by atoms with Crippen molar-refractivity contribution in [1.82, 2.24) is 4.90 Å². The molecule has 2 aromatic rings. The minimum absolute atomic E-state index is 0.0813. The number of anilines is 2. The summed E-state index contributed by atoms with van der Waals surface area (Å²) in [6.07, 6.45) is 0.554. The molecule has 29 heavy (non-hydrogen) atoms. The Hall–Kier alpha value is -3.42. The average molecular weight is 397 g/mol. The molecule has 0 unspecified atom stereocenters. The van der Waals surface area contributed by atoms with Gasteiger partial charge in [-0.2, -0.15) is 0 Å². The Bertz CT molecular complexity index is 977. The maximum absolute atomic E-state index is 12.8. The van der Waals surface area contributed by atoms with Gasteiger partial charge in [-0.25, -0.2) is 4.79 Å². The third-order valence-electron chi connectivity index (χ3n) is 5.62. The molecule has 1 spiro atoms. The number of nitrogens with zero attached hydrogens (tertiary/aromatic N) is 1. The molecule has 2 heterocycles. The number of likely N-dealkylation sites (tertiary alicyclic amines) is 1. The number of nitrogens with one attached hydrogen (secondary N) is 2. The largest absolute Gasteiger partial charge is 0.497 e. The number of carbonyl (C=O) groups excluding carboxylic acids is 2. The third kappa shape index (κ3) is 3.10. The summed E-state index contributed by atoms with van der Waals surface area (Å²) in [6.45, 7) is 0.779. The zero-order valence-corrected chi connectivity index (χ0v) is 16.6. The molecule has 0 saturated carbocycles. The Balaban J connectivity index is 1.53. The summed E-state index contributed by atoms with van der Waals surface area (Å²) in [7, 11) is 4.69. The molecule has 8 heteroatoms. The maximum Gasteiger partial charge on any atom is 0.321 e.